The van der Waals surface area contributed by atoms with Gasteiger partial charge in [-0.15, -0.1) is 0 Å². The summed E-state index contributed by atoms with van der Waals surface area (Å²) in [5, 5.41) is 0. The van der Waals surface area contributed by atoms with Gasteiger partial charge in [0.05, 0.1) is 132 Å². The zero-order chi connectivity index (χ0) is 37.6. The van der Waals surface area contributed by atoms with Crippen LogP contribution in [-0.2, 0) is 57.0 Å². The van der Waals surface area contributed by atoms with Crippen LogP contribution < -0.4 is 0 Å². The molecule has 6 fully saturated rings. The van der Waals surface area contributed by atoms with Crippen molar-refractivity contribution < 1.29 is 57.0 Å². The van der Waals surface area contributed by atoms with Gasteiger partial charge in [0.1, 0.15) is 0 Å². The van der Waals surface area contributed by atoms with Gasteiger partial charge in [0.15, 0.2) is 0 Å². The molecule has 4 bridgehead atoms. The first-order valence-corrected chi connectivity index (χ1v) is 20.9. The number of carbonyl (C=O) groups excluding carboxylic acids is 2. The van der Waals surface area contributed by atoms with Crippen molar-refractivity contribution in [3.63, 3.8) is 0 Å². The number of rotatable bonds is 6. The highest BCUT2D eigenvalue weighted by Crippen LogP contribution is 2.67. The maximum absolute atomic E-state index is 13.8. The summed E-state index contributed by atoms with van der Waals surface area (Å²) in [5.74, 6) is 1.74. The molecule has 0 N–H and O–H groups in total. The predicted octanol–water partition coefficient (Wildman–Crippen LogP) is 2.98. The third-order valence-electron chi connectivity index (χ3n) is 11.7. The molecule has 14 nitrogen and oxygen atoms in total. The summed E-state index contributed by atoms with van der Waals surface area (Å²) >= 11 is 0. The van der Waals surface area contributed by atoms with E-state index in [1.165, 1.54) is 32.1 Å². The van der Waals surface area contributed by atoms with E-state index in [0.29, 0.717) is 183 Å². The largest absolute Gasteiger partial charge is 0.377 e. The molecule has 54 heavy (non-hydrogen) atoms. The van der Waals surface area contributed by atoms with E-state index in [4.69, 9.17) is 47.4 Å². The Morgan fingerprint density at radius 3 is 0.889 bits per heavy atom. The first-order valence-electron chi connectivity index (χ1n) is 20.9. The van der Waals surface area contributed by atoms with Gasteiger partial charge >= 0.3 is 0 Å². The fourth-order valence-corrected chi connectivity index (χ4v) is 9.68. The van der Waals surface area contributed by atoms with Crippen LogP contribution in [-0.4, -0.2) is 180 Å². The zero-order valence-electron chi connectivity index (χ0n) is 33.0. The minimum Gasteiger partial charge on any atom is -0.377 e. The number of nitrogens with zero attached hydrogens (tertiary/aromatic N) is 2. The smallest absolute Gasteiger partial charge is 0.222 e. The number of amides is 2. The zero-order valence-corrected chi connectivity index (χ0v) is 33.0. The summed E-state index contributed by atoms with van der Waals surface area (Å²) in [4.78, 5) is 31.4. The molecule has 0 aromatic carbocycles. The molecule has 312 valence electrons. The van der Waals surface area contributed by atoms with E-state index in [0.717, 1.165) is 19.3 Å². The minimum atomic E-state index is 0.177. The lowest BCUT2D eigenvalue weighted by Gasteiger charge is -2.63. The van der Waals surface area contributed by atoms with Gasteiger partial charge in [-0.2, -0.15) is 0 Å². The second kappa shape index (κ2) is 25.0. The Kier molecular flexibility index (Phi) is 20.2. The standard InChI is InChI=1S/C40H70N2O12/c43-37(41-5-9-45-13-17-49-21-25-53-26-22-50-18-14-46-10-6-41)1-3-39-30-35-29-36(31-39)33-40(32-35,34-39)4-2-38(44)42-7-11-47-15-19-51-23-27-54-28-24-52-20-16-48-12-8-42/h35-36H,1-34H2. The highest BCUT2D eigenvalue weighted by Gasteiger charge is 2.57. The van der Waals surface area contributed by atoms with Crippen molar-refractivity contribution >= 4 is 11.8 Å². The van der Waals surface area contributed by atoms with Crippen LogP contribution in [0.2, 0.25) is 0 Å². The van der Waals surface area contributed by atoms with Crippen molar-refractivity contribution in [2.45, 2.75) is 64.2 Å². The summed E-state index contributed by atoms with van der Waals surface area (Å²) in [7, 11) is 0. The van der Waals surface area contributed by atoms with Crippen LogP contribution in [0.5, 0.6) is 0 Å². The van der Waals surface area contributed by atoms with Crippen LogP contribution in [0.3, 0.4) is 0 Å². The molecule has 6 aliphatic rings. The fourth-order valence-electron chi connectivity index (χ4n) is 9.68. The van der Waals surface area contributed by atoms with Crippen LogP contribution in [0.25, 0.3) is 0 Å². The van der Waals surface area contributed by atoms with E-state index >= 15 is 0 Å². The molecule has 0 unspecified atom stereocenters. The molecule has 2 aliphatic heterocycles. The third-order valence-corrected chi connectivity index (χ3v) is 11.7. The first-order chi connectivity index (χ1) is 26.5. The first kappa shape index (κ1) is 43.7. The molecule has 0 spiro atoms. The maximum Gasteiger partial charge on any atom is 0.222 e. The van der Waals surface area contributed by atoms with Crippen molar-refractivity contribution in [2.75, 3.05) is 158 Å². The second-order valence-corrected chi connectivity index (χ2v) is 15.8. The molecule has 0 atom stereocenters. The summed E-state index contributed by atoms with van der Waals surface area (Å²) < 4.78 is 56.7. The van der Waals surface area contributed by atoms with Crippen molar-refractivity contribution in [3.8, 4) is 0 Å². The van der Waals surface area contributed by atoms with Crippen molar-refractivity contribution in [1.29, 1.82) is 0 Å². The third kappa shape index (κ3) is 15.8. The molecular formula is C40H70N2O12. The Bertz CT molecular complexity index is 926. The molecule has 2 amide bonds. The molecule has 4 saturated carbocycles. The van der Waals surface area contributed by atoms with E-state index < -0.39 is 0 Å². The molecule has 0 radical (unpaired) electrons. The van der Waals surface area contributed by atoms with Gasteiger partial charge in [0, 0.05) is 39.0 Å². The molecule has 4 aliphatic carbocycles. The Labute approximate surface area is 323 Å². The van der Waals surface area contributed by atoms with E-state index in [1.807, 2.05) is 9.80 Å². The SMILES string of the molecule is O=C(CCC12CC3CC(C1)CC(CCC(=O)N1CCOCCOCCOCCOCCOCC1)(C3)C2)N1CCOCCOCCOCCOCCOCC1. The quantitative estimate of drug-likeness (QED) is 0.394. The summed E-state index contributed by atoms with van der Waals surface area (Å²) in [6, 6.07) is 0. The van der Waals surface area contributed by atoms with Gasteiger partial charge < -0.3 is 57.2 Å². The van der Waals surface area contributed by atoms with Crippen molar-refractivity contribution in [3.05, 3.63) is 0 Å². The number of hydrogen-bond acceptors (Lipinski definition) is 12. The topological polar surface area (TPSA) is 133 Å². The number of ether oxygens (including phenoxy) is 10. The lowest BCUT2D eigenvalue weighted by atomic mass is 9.42. The summed E-state index contributed by atoms with van der Waals surface area (Å²) in [6.45, 7) is 12.1. The van der Waals surface area contributed by atoms with E-state index in [2.05, 4.69) is 0 Å². The highest BCUT2D eigenvalue weighted by molar-refractivity contribution is 5.76. The summed E-state index contributed by atoms with van der Waals surface area (Å²) in [5.41, 5.74) is 0.367. The van der Waals surface area contributed by atoms with Crippen LogP contribution in [0, 0.1) is 22.7 Å². The van der Waals surface area contributed by atoms with Gasteiger partial charge in [-0.1, -0.05) is 0 Å². The van der Waals surface area contributed by atoms with Crippen LogP contribution in [0.15, 0.2) is 0 Å². The average Bonchev–Trinajstić information content (AvgIpc) is 3.15. The minimum absolute atomic E-state index is 0.177. The highest BCUT2D eigenvalue weighted by atomic mass is 16.6. The Balaban J connectivity index is 1.10. The molecule has 6 rings (SSSR count). The average molecular weight is 771 g/mol. The van der Waals surface area contributed by atoms with Crippen LogP contribution >= 0.6 is 0 Å². The van der Waals surface area contributed by atoms with Gasteiger partial charge in [0.2, 0.25) is 11.8 Å². The van der Waals surface area contributed by atoms with Crippen LogP contribution in [0.4, 0.5) is 0 Å². The van der Waals surface area contributed by atoms with Gasteiger partial charge in [0.25, 0.3) is 0 Å². The lowest BCUT2D eigenvalue weighted by molar-refractivity contribution is -0.143. The molecule has 14 heteroatoms. The number of hydrogen-bond donors (Lipinski definition) is 0. The van der Waals surface area contributed by atoms with Crippen LogP contribution in [0.1, 0.15) is 64.2 Å². The molecule has 2 saturated heterocycles. The Morgan fingerprint density at radius 2 is 0.630 bits per heavy atom. The summed E-state index contributed by atoms with van der Waals surface area (Å²) in [6.07, 6.45) is 10.2. The van der Waals surface area contributed by atoms with E-state index in [-0.39, 0.29) is 22.6 Å². The predicted molar refractivity (Wildman–Crippen MR) is 199 cm³/mol. The monoisotopic (exact) mass is 770 g/mol. The Hall–Kier alpha value is -1.46. The second-order valence-electron chi connectivity index (χ2n) is 15.8. The van der Waals surface area contributed by atoms with Crippen molar-refractivity contribution in [1.82, 2.24) is 9.80 Å². The Morgan fingerprint density at radius 1 is 0.389 bits per heavy atom. The lowest BCUT2D eigenvalue weighted by Crippen LogP contribution is -2.52. The maximum atomic E-state index is 13.8. The fraction of sp³-hybridized carbons (Fsp3) is 0.950. The van der Waals surface area contributed by atoms with Gasteiger partial charge in [-0.3, -0.25) is 9.59 Å². The van der Waals surface area contributed by atoms with Gasteiger partial charge in [-0.05, 0) is 74.0 Å². The van der Waals surface area contributed by atoms with Gasteiger partial charge in [-0.25, -0.2) is 0 Å². The van der Waals surface area contributed by atoms with E-state index in [1.54, 1.807) is 0 Å². The normalized spacial score (nSPS) is 31.9. The molecule has 2 heterocycles. The molecule has 0 aromatic heterocycles. The van der Waals surface area contributed by atoms with Crippen molar-refractivity contribution in [2.24, 2.45) is 22.7 Å². The molecular weight excluding hydrogens is 700 g/mol. The van der Waals surface area contributed by atoms with E-state index in [9.17, 15) is 9.59 Å². The number of carbonyl (C=O) groups is 2. The molecule has 0 aromatic rings.